The third-order valence-electron chi connectivity index (χ3n) is 4.50. The van der Waals surface area contributed by atoms with Crippen LogP contribution < -0.4 is 0 Å². The number of oxazole rings is 1. The second kappa shape index (κ2) is 6.92. The first-order valence-corrected chi connectivity index (χ1v) is 9.03. The maximum atomic E-state index is 6.12. The van der Waals surface area contributed by atoms with Crippen molar-refractivity contribution >= 4 is 34.9 Å². The molecule has 1 aliphatic rings. The van der Waals surface area contributed by atoms with Crippen molar-refractivity contribution in [1.82, 2.24) is 19.5 Å². The minimum absolute atomic E-state index is 0.484. The van der Waals surface area contributed by atoms with Gasteiger partial charge in [0.2, 0.25) is 0 Å². The van der Waals surface area contributed by atoms with Crippen LogP contribution in [0.25, 0.3) is 11.1 Å². The van der Waals surface area contributed by atoms with Gasteiger partial charge in [0.15, 0.2) is 5.58 Å². The molecule has 0 radical (unpaired) electrons. The highest BCUT2D eigenvalue weighted by Gasteiger charge is 2.19. The van der Waals surface area contributed by atoms with Crippen LogP contribution in [-0.2, 0) is 13.2 Å². The molecule has 0 saturated carbocycles. The second-order valence-electron chi connectivity index (χ2n) is 6.37. The highest BCUT2D eigenvalue weighted by atomic mass is 35.5. The number of halogens is 1. The van der Waals surface area contributed by atoms with Gasteiger partial charge in [-0.05, 0) is 37.3 Å². The fourth-order valence-corrected chi connectivity index (χ4v) is 3.59. The van der Waals surface area contributed by atoms with Crippen LogP contribution in [0.2, 0.25) is 5.02 Å². The topological polar surface area (TPSA) is 50.6 Å². The van der Waals surface area contributed by atoms with E-state index in [0.29, 0.717) is 16.5 Å². The largest absolute Gasteiger partial charge is 0.429 e. The lowest BCUT2D eigenvalue weighted by atomic mass is 10.3. The van der Waals surface area contributed by atoms with Crippen LogP contribution in [-0.4, -0.2) is 45.7 Å². The summed E-state index contributed by atoms with van der Waals surface area (Å²) >= 11 is 11.5. The molecule has 0 bridgehead atoms. The standard InChI is InChI=1S/C17H19ClN4O2S/c1-12-8-14(19-24-12)10-20-4-6-21(7-5-20)11-22-15-9-13(18)2-3-16(15)23-17(22)25/h2-3,8-9H,4-7,10-11H2,1H3. The lowest BCUT2D eigenvalue weighted by molar-refractivity contribution is 0.101. The van der Waals surface area contributed by atoms with Crippen LogP contribution in [0.5, 0.6) is 0 Å². The minimum Gasteiger partial charge on any atom is -0.429 e. The van der Waals surface area contributed by atoms with Crippen LogP contribution in [0.1, 0.15) is 11.5 Å². The van der Waals surface area contributed by atoms with E-state index in [2.05, 4.69) is 15.0 Å². The summed E-state index contributed by atoms with van der Waals surface area (Å²) in [7, 11) is 0. The second-order valence-corrected chi connectivity index (χ2v) is 7.16. The number of aryl methyl sites for hydroxylation is 1. The maximum absolute atomic E-state index is 6.12. The van der Waals surface area contributed by atoms with E-state index in [0.717, 1.165) is 55.3 Å². The number of fused-ring (bicyclic) bond motifs is 1. The Labute approximate surface area is 155 Å². The van der Waals surface area contributed by atoms with Gasteiger partial charge in [-0.1, -0.05) is 16.8 Å². The van der Waals surface area contributed by atoms with Crippen molar-refractivity contribution in [2.45, 2.75) is 20.1 Å². The first-order chi connectivity index (χ1) is 12.1. The molecule has 0 spiro atoms. The van der Waals surface area contributed by atoms with Gasteiger partial charge in [-0.25, -0.2) is 0 Å². The van der Waals surface area contributed by atoms with Crippen molar-refractivity contribution in [2.75, 3.05) is 26.2 Å². The van der Waals surface area contributed by atoms with Crippen molar-refractivity contribution < 1.29 is 8.94 Å². The summed E-state index contributed by atoms with van der Waals surface area (Å²) in [5.74, 6) is 0.855. The van der Waals surface area contributed by atoms with Crippen molar-refractivity contribution in [3.05, 3.63) is 45.6 Å². The normalized spacial score (nSPS) is 16.7. The lowest BCUT2D eigenvalue weighted by Gasteiger charge is -2.34. The van der Waals surface area contributed by atoms with E-state index in [4.69, 9.17) is 32.8 Å². The molecule has 0 amide bonds. The minimum atomic E-state index is 0.484. The molecule has 1 saturated heterocycles. The zero-order chi connectivity index (χ0) is 17.4. The monoisotopic (exact) mass is 378 g/mol. The molecule has 25 heavy (non-hydrogen) atoms. The van der Waals surface area contributed by atoms with E-state index in [-0.39, 0.29) is 0 Å². The summed E-state index contributed by atoms with van der Waals surface area (Å²) < 4.78 is 12.8. The average molecular weight is 379 g/mol. The zero-order valence-electron chi connectivity index (χ0n) is 13.9. The summed E-state index contributed by atoms with van der Waals surface area (Å²) in [6.45, 7) is 7.35. The third kappa shape index (κ3) is 3.64. The molecule has 0 aliphatic carbocycles. The van der Waals surface area contributed by atoms with Crippen molar-refractivity contribution in [3.8, 4) is 0 Å². The predicted octanol–water partition coefficient (Wildman–Crippen LogP) is 3.69. The molecule has 132 valence electrons. The van der Waals surface area contributed by atoms with E-state index in [1.54, 1.807) is 0 Å². The van der Waals surface area contributed by atoms with Crippen molar-refractivity contribution in [1.29, 1.82) is 0 Å². The third-order valence-corrected chi connectivity index (χ3v) is 5.04. The maximum Gasteiger partial charge on any atom is 0.270 e. The van der Waals surface area contributed by atoms with E-state index in [1.165, 1.54) is 0 Å². The van der Waals surface area contributed by atoms with Crippen LogP contribution in [0.3, 0.4) is 0 Å². The van der Waals surface area contributed by atoms with Gasteiger partial charge in [0.05, 0.1) is 17.9 Å². The van der Waals surface area contributed by atoms with Gasteiger partial charge in [-0.3, -0.25) is 14.4 Å². The Balaban J connectivity index is 1.41. The van der Waals surface area contributed by atoms with E-state index in [9.17, 15) is 0 Å². The first kappa shape index (κ1) is 16.8. The molecular formula is C17H19ClN4O2S. The van der Waals surface area contributed by atoms with Gasteiger partial charge in [-0.15, -0.1) is 0 Å². The zero-order valence-corrected chi connectivity index (χ0v) is 15.5. The van der Waals surface area contributed by atoms with Gasteiger partial charge < -0.3 is 8.94 Å². The highest BCUT2D eigenvalue weighted by molar-refractivity contribution is 7.71. The Kier molecular flexibility index (Phi) is 4.64. The van der Waals surface area contributed by atoms with Gasteiger partial charge in [0.25, 0.3) is 4.84 Å². The number of hydrogen-bond donors (Lipinski definition) is 0. The average Bonchev–Trinajstić information content (AvgIpc) is 3.13. The molecule has 4 rings (SSSR count). The number of benzene rings is 1. The first-order valence-electron chi connectivity index (χ1n) is 8.24. The Morgan fingerprint density at radius 1 is 1.16 bits per heavy atom. The van der Waals surface area contributed by atoms with Gasteiger partial charge in [0.1, 0.15) is 5.76 Å². The van der Waals surface area contributed by atoms with E-state index >= 15 is 0 Å². The Morgan fingerprint density at radius 2 is 1.92 bits per heavy atom. The summed E-state index contributed by atoms with van der Waals surface area (Å²) in [4.78, 5) is 5.24. The fraction of sp³-hybridized carbons (Fsp3) is 0.412. The van der Waals surface area contributed by atoms with Crippen molar-refractivity contribution in [2.24, 2.45) is 0 Å². The van der Waals surface area contributed by atoms with Crippen molar-refractivity contribution in [3.63, 3.8) is 0 Å². The summed E-state index contributed by atoms with van der Waals surface area (Å²) in [5.41, 5.74) is 2.70. The molecule has 6 nitrogen and oxygen atoms in total. The SMILES string of the molecule is Cc1cc(CN2CCN(Cn3c(=S)oc4ccc(Cl)cc43)CC2)no1. The van der Waals surface area contributed by atoms with Crippen LogP contribution in [0.4, 0.5) is 0 Å². The molecule has 1 aromatic carbocycles. The quantitative estimate of drug-likeness (QED) is 0.645. The number of aromatic nitrogens is 2. The van der Waals surface area contributed by atoms with Crippen LogP contribution in [0.15, 0.2) is 33.2 Å². The molecule has 8 heteroatoms. The van der Waals surface area contributed by atoms with Crippen LogP contribution >= 0.6 is 23.8 Å². The number of rotatable bonds is 4. The molecule has 0 N–H and O–H groups in total. The number of piperazine rings is 1. The Bertz CT molecular complexity index is 940. The van der Waals surface area contributed by atoms with Gasteiger partial charge in [-0.2, -0.15) is 0 Å². The molecule has 2 aromatic heterocycles. The van der Waals surface area contributed by atoms with Gasteiger partial charge >= 0.3 is 0 Å². The molecule has 3 aromatic rings. The molecule has 0 unspecified atom stereocenters. The summed E-state index contributed by atoms with van der Waals surface area (Å²) in [5, 5.41) is 4.76. The van der Waals surface area contributed by atoms with E-state index < -0.39 is 0 Å². The number of hydrogen-bond acceptors (Lipinski definition) is 6. The predicted molar refractivity (Wildman–Crippen MR) is 98.1 cm³/mol. The Hall–Kier alpha value is -1.67. The Morgan fingerprint density at radius 3 is 2.64 bits per heavy atom. The van der Waals surface area contributed by atoms with Crippen LogP contribution in [0, 0.1) is 11.8 Å². The van der Waals surface area contributed by atoms with E-state index in [1.807, 2.05) is 35.8 Å². The highest BCUT2D eigenvalue weighted by Crippen LogP contribution is 2.22. The molecule has 0 atom stereocenters. The molecule has 3 heterocycles. The molecule has 1 fully saturated rings. The van der Waals surface area contributed by atoms with Gasteiger partial charge in [0, 0.05) is 43.8 Å². The molecule has 1 aliphatic heterocycles. The smallest absolute Gasteiger partial charge is 0.270 e. The number of nitrogens with zero attached hydrogens (tertiary/aromatic N) is 4. The fourth-order valence-electron chi connectivity index (χ4n) is 3.18. The summed E-state index contributed by atoms with van der Waals surface area (Å²) in [6, 6.07) is 7.57. The lowest BCUT2D eigenvalue weighted by Crippen LogP contribution is -2.46. The molecular weight excluding hydrogens is 360 g/mol. The summed E-state index contributed by atoms with van der Waals surface area (Å²) in [6.07, 6.45) is 0.